The fraction of sp³-hybridized carbons (Fsp3) is 0.667. The summed E-state index contributed by atoms with van der Waals surface area (Å²) >= 11 is 0. The first-order chi connectivity index (χ1) is 2.64. The number of carbonyl (C=O) groups is 1. The molecule has 0 radical (unpaired) electrons. The lowest BCUT2D eigenvalue weighted by Crippen LogP contribution is -1.86. The third-order valence-corrected chi connectivity index (χ3v) is 0.247. The molecular formula is C3H6O2. The van der Waals surface area contributed by atoms with Crippen LogP contribution in [0.15, 0.2) is 0 Å². The van der Waals surface area contributed by atoms with Crippen molar-refractivity contribution >= 4 is 5.97 Å². The van der Waals surface area contributed by atoms with Crippen LogP contribution in [-0.4, -0.2) is 11.1 Å². The van der Waals surface area contributed by atoms with Gasteiger partial charge in [0.1, 0.15) is 0 Å². The molecule has 0 spiro atoms. The molecule has 0 bridgehead atoms. The lowest BCUT2D eigenvalue weighted by Gasteiger charge is -1.71. The highest BCUT2D eigenvalue weighted by Gasteiger charge is 1.80. The summed E-state index contributed by atoms with van der Waals surface area (Å²) in [6, 6.07) is 0. The van der Waals surface area contributed by atoms with E-state index in [1.165, 1.54) is 6.92 Å². The number of hydrogen-bond acceptors (Lipinski definition) is 1. The van der Waals surface area contributed by atoms with Crippen LogP contribution in [0, 0.1) is 0 Å². The Hall–Kier alpha value is -0.530. The maximum atomic E-state index is 9.51. The molecule has 0 aromatic heterocycles. The van der Waals surface area contributed by atoms with E-state index in [1.54, 1.807) is 0 Å². The predicted molar refractivity (Wildman–Crippen MR) is 17.9 cm³/mol. The van der Waals surface area contributed by atoms with E-state index in [1.807, 2.05) is 0 Å². The third-order valence-electron chi connectivity index (χ3n) is 0.247. The van der Waals surface area contributed by atoms with Crippen molar-refractivity contribution in [3.8, 4) is 0 Å². The molecule has 0 aromatic rings. The Bertz CT molecular complexity index is 59.8. The molecule has 0 rings (SSSR count). The van der Waals surface area contributed by atoms with E-state index in [4.69, 9.17) is 6.48 Å². The second kappa shape index (κ2) is 1.76. The summed E-state index contributed by atoms with van der Waals surface area (Å²) in [4.78, 5) is 9.51. The van der Waals surface area contributed by atoms with Gasteiger partial charge in [0.15, 0.2) is 0 Å². The van der Waals surface area contributed by atoms with Gasteiger partial charge >= 0.3 is 5.97 Å². The van der Waals surface area contributed by atoms with Crippen LogP contribution in [0.2, 0.25) is 0 Å². The number of hydrogen-bond donors (Lipinski definition) is 1. The molecule has 2 heteroatoms. The van der Waals surface area contributed by atoms with Gasteiger partial charge in [-0.15, -0.1) is 0 Å². The van der Waals surface area contributed by atoms with Crippen molar-refractivity contribution in [1.29, 1.82) is 0 Å². The lowest BCUT2D eigenvalue weighted by atomic mass is 10.5. The monoisotopic (exact) mass is 76.0 g/mol. The van der Waals surface area contributed by atoms with Gasteiger partial charge in [-0.25, -0.2) is 0 Å². The summed E-state index contributed by atoms with van der Waals surface area (Å²) in [6.07, 6.45) is -0.981. The topological polar surface area (TPSA) is 37.3 Å². The molecule has 0 aliphatic carbocycles. The first-order valence-electron chi connectivity index (χ1n) is 1.87. The second-order valence-corrected chi connectivity index (χ2v) is 0.627. The Labute approximate surface area is 31.8 Å². The van der Waals surface area contributed by atoms with E-state index < -0.39 is 12.4 Å². The molecule has 0 amide bonds. The first kappa shape index (κ1) is 2.69. The highest BCUT2D eigenvalue weighted by atomic mass is 16.4. The van der Waals surface area contributed by atoms with Gasteiger partial charge in [-0.3, -0.25) is 4.79 Å². The molecule has 0 aliphatic rings. The normalized spacial score (nSPS) is 16.6. The van der Waals surface area contributed by atoms with Crippen molar-refractivity contribution in [2.24, 2.45) is 0 Å². The Morgan fingerprint density at radius 3 is 2.60 bits per heavy atom. The highest BCUT2D eigenvalue weighted by Crippen LogP contribution is 1.67. The van der Waals surface area contributed by atoms with Gasteiger partial charge in [0, 0.05) is 7.77 Å². The van der Waals surface area contributed by atoms with Crippen molar-refractivity contribution in [2.45, 2.75) is 13.3 Å². The minimum atomic E-state index is -1.07. The fourth-order valence-corrected chi connectivity index (χ4v) is 0. The van der Waals surface area contributed by atoms with Crippen LogP contribution in [0.3, 0.4) is 0 Å². The van der Waals surface area contributed by atoms with Gasteiger partial charge < -0.3 is 5.11 Å². The van der Waals surface area contributed by atoms with Crippen LogP contribution in [0.25, 0.3) is 0 Å². The summed E-state index contributed by atoms with van der Waals surface area (Å²) in [5.74, 6) is -1.07. The van der Waals surface area contributed by atoms with E-state index in [0.717, 1.165) is 0 Å². The molecular weight excluding hydrogens is 68.0 g/mol. The second-order valence-electron chi connectivity index (χ2n) is 0.627. The Morgan fingerprint density at radius 2 is 2.60 bits per heavy atom. The van der Waals surface area contributed by atoms with E-state index in [0.29, 0.717) is 0 Å². The SMILES string of the molecule is [3H]C(C)C(=O)O. The van der Waals surface area contributed by atoms with Crippen LogP contribution >= 0.6 is 0 Å². The van der Waals surface area contributed by atoms with Crippen LogP contribution in [0.5, 0.6) is 0 Å². The molecule has 0 saturated heterocycles. The number of carboxylic acids is 1. The third kappa shape index (κ3) is 3.47. The minimum absolute atomic E-state index is 0.981. The van der Waals surface area contributed by atoms with Crippen LogP contribution < -0.4 is 0 Å². The largest absolute Gasteiger partial charge is 0.481 e. The Balaban J connectivity index is 3.26. The smallest absolute Gasteiger partial charge is 0.303 e. The predicted octanol–water partition coefficient (Wildman–Crippen LogP) is 0.481. The molecule has 0 aliphatic heterocycles. The molecule has 2 nitrogen and oxygen atoms in total. The average Bonchev–Trinajstić information content (AvgIpc) is 1.36. The van der Waals surface area contributed by atoms with Crippen molar-refractivity contribution in [1.82, 2.24) is 0 Å². The molecule has 5 heavy (non-hydrogen) atoms. The van der Waals surface area contributed by atoms with Crippen molar-refractivity contribution in [3.63, 3.8) is 0 Å². The lowest BCUT2D eigenvalue weighted by molar-refractivity contribution is -0.136. The summed E-state index contributed by atoms with van der Waals surface area (Å²) in [5.41, 5.74) is 0. The maximum absolute atomic E-state index is 9.51. The summed E-state index contributed by atoms with van der Waals surface area (Å²) < 4.78 is 6.43. The van der Waals surface area contributed by atoms with Crippen LogP contribution in [0.1, 0.15) is 14.7 Å². The zero-order valence-electron chi connectivity index (χ0n) is 3.93. The zero-order chi connectivity index (χ0) is 5.15. The molecule has 1 atom stereocenters. The zero-order valence-corrected chi connectivity index (χ0v) is 2.93. The molecule has 30 valence electrons. The van der Waals surface area contributed by atoms with E-state index in [2.05, 4.69) is 0 Å². The Morgan fingerprint density at radius 1 is 2.40 bits per heavy atom. The highest BCUT2D eigenvalue weighted by molar-refractivity contribution is 5.66. The maximum Gasteiger partial charge on any atom is 0.303 e. The molecule has 0 heterocycles. The molecule has 0 fully saturated rings. The van der Waals surface area contributed by atoms with Crippen LogP contribution in [-0.2, 0) is 4.79 Å². The first-order valence-corrected chi connectivity index (χ1v) is 1.29. The number of rotatable bonds is 1. The average molecular weight is 76.1 g/mol. The van der Waals surface area contributed by atoms with Gasteiger partial charge in [-0.2, -0.15) is 0 Å². The van der Waals surface area contributed by atoms with Gasteiger partial charge in [0.25, 0.3) is 0 Å². The van der Waals surface area contributed by atoms with Crippen molar-refractivity contribution in [3.05, 3.63) is 0 Å². The summed E-state index contributed by atoms with van der Waals surface area (Å²) in [7, 11) is 0. The summed E-state index contributed by atoms with van der Waals surface area (Å²) in [6.45, 7) is 1.31. The number of carboxylic acid groups (broad SMARTS) is 1. The molecule has 1 N–H and O–H groups in total. The minimum Gasteiger partial charge on any atom is -0.481 e. The molecule has 0 saturated carbocycles. The van der Waals surface area contributed by atoms with E-state index in [-0.39, 0.29) is 0 Å². The van der Waals surface area contributed by atoms with Gasteiger partial charge in [0.05, 0.1) is 0 Å². The Kier molecular flexibility index (Phi) is 0.947. The standard InChI is InChI=1S/C3H6O2/c1-2-3(4)5/h2H2,1H3,(H,4,5)/i2T. The van der Waals surface area contributed by atoms with E-state index in [9.17, 15) is 4.79 Å². The van der Waals surface area contributed by atoms with Gasteiger partial charge in [-0.05, 0) is 0 Å². The summed E-state index contributed by atoms with van der Waals surface area (Å²) in [5, 5.41) is 7.80. The van der Waals surface area contributed by atoms with Crippen LogP contribution in [0.4, 0.5) is 0 Å². The molecule has 0 aromatic carbocycles. The van der Waals surface area contributed by atoms with E-state index >= 15 is 0 Å². The van der Waals surface area contributed by atoms with Gasteiger partial charge in [0.2, 0.25) is 0 Å². The molecule has 1 unspecified atom stereocenters. The van der Waals surface area contributed by atoms with Gasteiger partial charge in [-0.1, -0.05) is 6.92 Å². The van der Waals surface area contributed by atoms with Crippen molar-refractivity contribution < 1.29 is 11.3 Å². The quantitative estimate of drug-likeness (QED) is 0.493. The number of aliphatic carboxylic acids is 1. The fourth-order valence-electron chi connectivity index (χ4n) is 0. The van der Waals surface area contributed by atoms with Crippen molar-refractivity contribution in [2.75, 3.05) is 0 Å².